The number of nitrogens with zero attached hydrogens (tertiary/aromatic N) is 2. The zero-order chi connectivity index (χ0) is 16.5. The number of aliphatic hydroxyl groups excluding tert-OH is 2. The molecule has 124 valence electrons. The van der Waals surface area contributed by atoms with E-state index in [1.807, 2.05) is 0 Å². The predicted octanol–water partition coefficient (Wildman–Crippen LogP) is 0.625. The normalized spacial score (nSPS) is 29.0. The molecule has 1 saturated heterocycles. The fourth-order valence-corrected chi connectivity index (χ4v) is 4.82. The van der Waals surface area contributed by atoms with Crippen LogP contribution in [0.5, 0.6) is 0 Å². The smallest absolute Gasteiger partial charge is 0.351 e. The van der Waals surface area contributed by atoms with E-state index >= 15 is 0 Å². The minimum Gasteiger partial charge on any atom is -0.394 e. The molecule has 0 unspecified atom stereocenters. The van der Waals surface area contributed by atoms with Crippen LogP contribution in [0.25, 0.3) is 0 Å². The van der Waals surface area contributed by atoms with Crippen molar-refractivity contribution in [2.45, 2.75) is 49.2 Å². The lowest BCUT2D eigenvalue weighted by Gasteiger charge is -2.24. The fraction of sp³-hybridized carbons (Fsp3) is 0.692. The molecule has 2 heterocycles. The summed E-state index contributed by atoms with van der Waals surface area (Å²) in [7, 11) is 3.03. The Labute approximate surface area is 136 Å². The van der Waals surface area contributed by atoms with Gasteiger partial charge >= 0.3 is 5.69 Å². The standard InChI is InChI=1S/C13H21N3O4S2/c1-13(2,3)22-21-10-9(18)7(6-17)20-11(10)16-5-4-8(14)15-12(16)19/h4-5,7,9-11,17-18H,6H2,1-3H3,(H2,14,15,19)/t7-,9-,10-,11-/m1/s1. The highest BCUT2D eigenvalue weighted by Crippen LogP contribution is 2.46. The van der Waals surface area contributed by atoms with Crippen LogP contribution < -0.4 is 11.4 Å². The molecule has 22 heavy (non-hydrogen) atoms. The fourth-order valence-electron chi connectivity index (χ4n) is 2.02. The summed E-state index contributed by atoms with van der Waals surface area (Å²) in [5, 5.41) is 19.3. The summed E-state index contributed by atoms with van der Waals surface area (Å²) in [4.78, 5) is 15.7. The van der Waals surface area contributed by atoms with Gasteiger partial charge in [0, 0.05) is 10.9 Å². The van der Waals surface area contributed by atoms with Gasteiger partial charge in [0.15, 0.2) is 6.23 Å². The van der Waals surface area contributed by atoms with Crippen LogP contribution in [0.3, 0.4) is 0 Å². The maximum absolute atomic E-state index is 12.0. The average molecular weight is 347 g/mol. The van der Waals surface area contributed by atoms with Gasteiger partial charge in [0.05, 0.1) is 18.0 Å². The van der Waals surface area contributed by atoms with Crippen molar-refractivity contribution in [3.8, 4) is 0 Å². The highest BCUT2D eigenvalue weighted by Gasteiger charge is 2.45. The first-order valence-corrected chi connectivity index (χ1v) is 9.08. The van der Waals surface area contributed by atoms with Gasteiger partial charge < -0.3 is 20.7 Å². The Kier molecular flexibility index (Phi) is 5.44. The molecule has 4 atom stereocenters. The van der Waals surface area contributed by atoms with Crippen LogP contribution in [0, 0.1) is 0 Å². The van der Waals surface area contributed by atoms with Crippen LogP contribution in [0.1, 0.15) is 27.0 Å². The van der Waals surface area contributed by atoms with Crippen molar-refractivity contribution in [1.29, 1.82) is 0 Å². The molecule has 0 amide bonds. The molecule has 0 aromatic carbocycles. The summed E-state index contributed by atoms with van der Waals surface area (Å²) < 4.78 is 6.94. The van der Waals surface area contributed by atoms with Crippen molar-refractivity contribution in [1.82, 2.24) is 9.55 Å². The number of rotatable bonds is 4. The first-order chi connectivity index (χ1) is 10.2. The second kappa shape index (κ2) is 6.79. The van der Waals surface area contributed by atoms with E-state index in [2.05, 4.69) is 25.8 Å². The minimum atomic E-state index is -0.876. The van der Waals surface area contributed by atoms with Gasteiger partial charge in [-0.1, -0.05) is 42.4 Å². The second-order valence-electron chi connectivity index (χ2n) is 6.04. The van der Waals surface area contributed by atoms with Gasteiger partial charge in [-0.3, -0.25) is 4.57 Å². The monoisotopic (exact) mass is 347 g/mol. The number of hydrogen-bond acceptors (Lipinski definition) is 8. The van der Waals surface area contributed by atoms with Crippen LogP contribution in [-0.4, -0.2) is 48.6 Å². The molecule has 0 bridgehead atoms. The van der Waals surface area contributed by atoms with E-state index in [0.29, 0.717) is 0 Å². The molecule has 2 rings (SSSR count). The summed E-state index contributed by atoms with van der Waals surface area (Å²) >= 11 is 0. The molecule has 0 spiro atoms. The zero-order valence-electron chi connectivity index (χ0n) is 12.7. The Balaban J connectivity index is 2.27. The van der Waals surface area contributed by atoms with Crippen molar-refractivity contribution < 1.29 is 14.9 Å². The van der Waals surface area contributed by atoms with Crippen LogP contribution in [0.2, 0.25) is 0 Å². The zero-order valence-corrected chi connectivity index (χ0v) is 14.3. The molecule has 1 fully saturated rings. The van der Waals surface area contributed by atoms with Gasteiger partial charge in [-0.15, -0.1) is 0 Å². The van der Waals surface area contributed by atoms with E-state index in [4.69, 9.17) is 10.5 Å². The predicted molar refractivity (Wildman–Crippen MR) is 88.6 cm³/mol. The molecule has 1 aliphatic heterocycles. The van der Waals surface area contributed by atoms with E-state index < -0.39 is 29.4 Å². The first-order valence-electron chi connectivity index (χ1n) is 6.86. The Morgan fingerprint density at radius 3 is 2.73 bits per heavy atom. The third kappa shape index (κ3) is 3.96. The number of nitrogens with two attached hydrogens (primary N) is 1. The molecule has 0 aliphatic carbocycles. The summed E-state index contributed by atoms with van der Waals surface area (Å²) in [6.45, 7) is 5.86. The minimum absolute atomic E-state index is 0.0173. The Morgan fingerprint density at radius 1 is 1.50 bits per heavy atom. The number of aromatic nitrogens is 2. The number of hydrogen-bond donors (Lipinski definition) is 3. The Hall–Kier alpha value is -0.740. The van der Waals surface area contributed by atoms with Crippen LogP contribution in [0.4, 0.5) is 5.82 Å². The Bertz CT molecular complexity index is 575. The van der Waals surface area contributed by atoms with Crippen molar-refractivity contribution >= 4 is 27.4 Å². The largest absolute Gasteiger partial charge is 0.394 e. The molecule has 1 aliphatic rings. The molecular weight excluding hydrogens is 326 g/mol. The average Bonchev–Trinajstić information content (AvgIpc) is 2.72. The summed E-state index contributed by atoms with van der Waals surface area (Å²) in [6, 6.07) is 1.50. The van der Waals surface area contributed by atoms with E-state index in [-0.39, 0.29) is 17.2 Å². The van der Waals surface area contributed by atoms with Gasteiger partial charge in [-0.05, 0) is 6.07 Å². The van der Waals surface area contributed by atoms with Gasteiger partial charge in [0.1, 0.15) is 11.9 Å². The molecular formula is C13H21N3O4S2. The molecule has 1 aromatic rings. The molecule has 0 saturated carbocycles. The van der Waals surface area contributed by atoms with E-state index in [9.17, 15) is 15.0 Å². The molecule has 4 N–H and O–H groups in total. The van der Waals surface area contributed by atoms with Crippen molar-refractivity contribution in [3.63, 3.8) is 0 Å². The highest BCUT2D eigenvalue weighted by molar-refractivity contribution is 8.77. The van der Waals surface area contributed by atoms with E-state index in [1.54, 1.807) is 10.8 Å². The van der Waals surface area contributed by atoms with Crippen LogP contribution >= 0.6 is 21.6 Å². The van der Waals surface area contributed by atoms with Crippen LogP contribution in [0.15, 0.2) is 17.1 Å². The lowest BCUT2D eigenvalue weighted by atomic mass is 10.2. The first kappa shape index (κ1) is 17.6. The second-order valence-corrected chi connectivity index (χ2v) is 9.24. The number of ether oxygens (including phenoxy) is 1. The maximum Gasteiger partial charge on any atom is 0.351 e. The molecule has 0 radical (unpaired) electrons. The van der Waals surface area contributed by atoms with Crippen molar-refractivity contribution in [2.24, 2.45) is 0 Å². The van der Waals surface area contributed by atoms with E-state index in [1.165, 1.54) is 27.6 Å². The Morgan fingerprint density at radius 2 is 2.18 bits per heavy atom. The summed E-state index contributed by atoms with van der Waals surface area (Å²) in [5.74, 6) is 0.131. The van der Waals surface area contributed by atoms with Crippen LogP contribution in [-0.2, 0) is 4.74 Å². The lowest BCUT2D eigenvalue weighted by molar-refractivity contribution is -0.0456. The number of nitrogen functional groups attached to an aromatic ring is 1. The summed E-state index contributed by atoms with van der Waals surface area (Å²) in [6.07, 6.45) is -0.809. The van der Waals surface area contributed by atoms with Gasteiger partial charge in [0.2, 0.25) is 0 Å². The maximum atomic E-state index is 12.0. The van der Waals surface area contributed by atoms with Crippen molar-refractivity contribution in [3.05, 3.63) is 22.7 Å². The van der Waals surface area contributed by atoms with Gasteiger partial charge in [-0.2, -0.15) is 4.98 Å². The topological polar surface area (TPSA) is 111 Å². The lowest BCUT2D eigenvalue weighted by Crippen LogP contribution is -2.34. The number of anilines is 1. The quantitative estimate of drug-likeness (QED) is 0.680. The molecule has 9 heteroatoms. The van der Waals surface area contributed by atoms with Gasteiger partial charge in [0.25, 0.3) is 0 Å². The summed E-state index contributed by atoms with van der Waals surface area (Å²) in [5.41, 5.74) is 4.95. The third-order valence-corrected chi connectivity index (χ3v) is 6.81. The third-order valence-electron chi connectivity index (χ3n) is 3.03. The SMILES string of the molecule is CC(C)(C)SS[C@@H]1[C@H](O)[C@@H](CO)O[C@H]1n1ccc(N)nc1=O. The molecule has 7 nitrogen and oxygen atoms in total. The van der Waals surface area contributed by atoms with E-state index in [0.717, 1.165) is 0 Å². The highest BCUT2D eigenvalue weighted by atomic mass is 33.1. The van der Waals surface area contributed by atoms with Crippen molar-refractivity contribution in [2.75, 3.05) is 12.3 Å². The number of aliphatic hydroxyl groups is 2. The van der Waals surface area contributed by atoms with Gasteiger partial charge in [-0.25, -0.2) is 4.79 Å². The molecule has 1 aromatic heterocycles.